The van der Waals surface area contributed by atoms with Crippen molar-refractivity contribution >= 4 is 19.8 Å². The SMILES string of the molecule is C=CC(=O)OC(C)CCCCCOP(=O)([O-])OCCCCCC(C)OC(=O)C=C.[Li+]. The summed E-state index contributed by atoms with van der Waals surface area (Å²) in [5.41, 5.74) is 0. The van der Waals surface area contributed by atoms with Gasteiger partial charge in [0.15, 0.2) is 0 Å². The van der Waals surface area contributed by atoms with Crippen molar-refractivity contribution in [1.29, 1.82) is 0 Å². The number of hydrogen-bond acceptors (Lipinski definition) is 8. The van der Waals surface area contributed by atoms with Gasteiger partial charge in [0.2, 0.25) is 0 Å². The van der Waals surface area contributed by atoms with Crippen molar-refractivity contribution in [3.8, 4) is 0 Å². The molecule has 0 aromatic rings. The van der Waals surface area contributed by atoms with Gasteiger partial charge >= 0.3 is 30.8 Å². The number of carbonyl (C=O) groups is 2. The monoisotopic (exact) mass is 440 g/mol. The molecule has 10 heteroatoms. The van der Waals surface area contributed by atoms with E-state index in [1.54, 1.807) is 13.8 Å². The number of esters is 2. The Bertz CT molecular complexity index is 511. The van der Waals surface area contributed by atoms with Crippen LogP contribution in [0.2, 0.25) is 0 Å². The molecule has 0 saturated heterocycles. The Morgan fingerprint density at radius 1 is 0.833 bits per heavy atom. The molecule has 2 unspecified atom stereocenters. The van der Waals surface area contributed by atoms with Crippen molar-refractivity contribution in [3.63, 3.8) is 0 Å². The van der Waals surface area contributed by atoms with Gasteiger partial charge in [-0.1, -0.05) is 26.0 Å². The molecular weight excluding hydrogens is 406 g/mol. The van der Waals surface area contributed by atoms with Crippen LogP contribution in [0.4, 0.5) is 0 Å². The average Bonchev–Trinajstić information content (AvgIpc) is 2.66. The molecule has 0 N–H and O–H groups in total. The second kappa shape index (κ2) is 18.9. The molecule has 0 rings (SSSR count). The van der Waals surface area contributed by atoms with Gasteiger partial charge in [-0.05, 0) is 52.4 Å². The molecule has 8 nitrogen and oxygen atoms in total. The van der Waals surface area contributed by atoms with E-state index in [0.717, 1.165) is 37.8 Å². The number of carbonyl (C=O) groups excluding carboxylic acids is 2. The van der Waals surface area contributed by atoms with Crippen LogP contribution in [0.25, 0.3) is 0 Å². The third-order valence-electron chi connectivity index (χ3n) is 3.98. The molecule has 0 aliphatic heterocycles. The van der Waals surface area contributed by atoms with Crippen LogP contribution in [-0.2, 0) is 32.7 Å². The number of rotatable bonds is 18. The van der Waals surface area contributed by atoms with Gasteiger partial charge in [-0.3, -0.25) is 4.57 Å². The third kappa shape index (κ3) is 19.1. The van der Waals surface area contributed by atoms with E-state index in [-0.39, 0.29) is 44.3 Å². The van der Waals surface area contributed by atoms with Crippen LogP contribution in [0, 0.1) is 0 Å². The Morgan fingerprint density at radius 2 is 1.20 bits per heavy atom. The first-order chi connectivity index (χ1) is 13.7. The van der Waals surface area contributed by atoms with Crippen LogP contribution in [0.5, 0.6) is 0 Å². The van der Waals surface area contributed by atoms with E-state index in [9.17, 15) is 19.0 Å². The predicted octanol–water partition coefficient (Wildman–Crippen LogP) is 0.848. The van der Waals surface area contributed by atoms with Crippen LogP contribution in [0.1, 0.15) is 65.2 Å². The smallest absolute Gasteiger partial charge is 0.756 e. The van der Waals surface area contributed by atoms with Crippen LogP contribution in [0.15, 0.2) is 25.3 Å². The molecule has 0 saturated carbocycles. The fraction of sp³-hybridized carbons (Fsp3) is 0.700. The van der Waals surface area contributed by atoms with Crippen molar-refractivity contribution in [2.75, 3.05) is 13.2 Å². The van der Waals surface area contributed by atoms with Gasteiger partial charge in [0.25, 0.3) is 7.82 Å². The van der Waals surface area contributed by atoms with Gasteiger partial charge in [0.05, 0.1) is 25.4 Å². The molecule has 2 atom stereocenters. The van der Waals surface area contributed by atoms with Crippen molar-refractivity contribution in [3.05, 3.63) is 25.3 Å². The minimum atomic E-state index is -4.28. The molecule has 0 bridgehead atoms. The number of hydrogen-bond donors (Lipinski definition) is 0. The summed E-state index contributed by atoms with van der Waals surface area (Å²) in [7, 11) is -4.28. The average molecular weight is 440 g/mol. The Balaban J connectivity index is 0. The Labute approximate surface area is 192 Å². The molecule has 0 heterocycles. The van der Waals surface area contributed by atoms with E-state index in [0.29, 0.717) is 25.7 Å². The van der Waals surface area contributed by atoms with Crippen molar-refractivity contribution < 1.29 is 56.4 Å². The maximum Gasteiger partial charge on any atom is 1.00 e. The largest absolute Gasteiger partial charge is 1.00 e. The third-order valence-corrected chi connectivity index (χ3v) is 4.97. The summed E-state index contributed by atoms with van der Waals surface area (Å²) in [5, 5.41) is 0. The minimum Gasteiger partial charge on any atom is -0.756 e. The quantitative estimate of drug-likeness (QED) is 0.101. The van der Waals surface area contributed by atoms with Crippen LogP contribution in [0.3, 0.4) is 0 Å². The molecule has 30 heavy (non-hydrogen) atoms. The Morgan fingerprint density at radius 3 is 1.53 bits per heavy atom. The summed E-state index contributed by atoms with van der Waals surface area (Å²) in [4.78, 5) is 33.7. The van der Waals surface area contributed by atoms with Gasteiger partial charge in [-0.15, -0.1) is 0 Å². The first-order valence-electron chi connectivity index (χ1n) is 9.96. The van der Waals surface area contributed by atoms with E-state index < -0.39 is 19.8 Å². The van der Waals surface area contributed by atoms with Crippen LogP contribution >= 0.6 is 7.82 Å². The normalized spacial score (nSPS) is 14.5. The van der Waals surface area contributed by atoms with E-state index in [1.165, 1.54) is 0 Å². The summed E-state index contributed by atoms with van der Waals surface area (Å²) in [6.07, 6.45) is 7.45. The first kappa shape index (κ1) is 31.3. The summed E-state index contributed by atoms with van der Waals surface area (Å²) < 4.78 is 31.4. The van der Waals surface area contributed by atoms with E-state index in [4.69, 9.17) is 18.5 Å². The van der Waals surface area contributed by atoms with E-state index >= 15 is 0 Å². The maximum absolute atomic E-state index is 11.7. The second-order valence-electron chi connectivity index (χ2n) is 6.72. The Hall–Kier alpha value is -0.873. The Kier molecular flexibility index (Phi) is 19.7. The molecule has 0 aromatic heterocycles. The topological polar surface area (TPSA) is 111 Å². The molecular formula is C20H34LiO8P. The van der Waals surface area contributed by atoms with Gasteiger partial charge in [0, 0.05) is 12.2 Å². The van der Waals surface area contributed by atoms with Crippen molar-refractivity contribution in [1.82, 2.24) is 0 Å². The number of phosphoric ester groups is 1. The molecule has 0 amide bonds. The van der Waals surface area contributed by atoms with Crippen LogP contribution in [-0.4, -0.2) is 37.4 Å². The molecule has 0 aliphatic carbocycles. The summed E-state index contributed by atoms with van der Waals surface area (Å²) in [5.74, 6) is -0.896. The zero-order chi connectivity index (χ0) is 22.1. The maximum atomic E-state index is 11.7. The van der Waals surface area contributed by atoms with Gasteiger partial charge in [0.1, 0.15) is 0 Å². The number of ether oxygens (including phenoxy) is 2. The zero-order valence-corrected chi connectivity index (χ0v) is 19.4. The molecule has 0 fully saturated rings. The van der Waals surface area contributed by atoms with Gasteiger partial charge in [-0.2, -0.15) is 0 Å². The summed E-state index contributed by atoms with van der Waals surface area (Å²) in [6, 6.07) is 0. The molecule has 0 aromatic carbocycles. The van der Waals surface area contributed by atoms with Gasteiger partial charge < -0.3 is 23.4 Å². The van der Waals surface area contributed by atoms with Crippen molar-refractivity contribution in [2.45, 2.75) is 77.4 Å². The summed E-state index contributed by atoms with van der Waals surface area (Å²) >= 11 is 0. The fourth-order valence-electron chi connectivity index (χ4n) is 2.42. The molecule has 0 aliphatic rings. The van der Waals surface area contributed by atoms with Gasteiger partial charge in [-0.25, -0.2) is 9.59 Å². The molecule has 168 valence electrons. The summed E-state index contributed by atoms with van der Waals surface area (Å²) in [6.45, 7) is 10.4. The van der Waals surface area contributed by atoms with Crippen LogP contribution < -0.4 is 23.8 Å². The predicted molar refractivity (Wildman–Crippen MR) is 108 cm³/mol. The molecule has 0 spiro atoms. The fourth-order valence-corrected chi connectivity index (χ4v) is 3.20. The zero-order valence-electron chi connectivity index (χ0n) is 18.5. The minimum absolute atomic E-state index is 0. The second-order valence-corrected chi connectivity index (χ2v) is 8.13. The number of phosphoric acid groups is 1. The number of unbranched alkanes of at least 4 members (excludes halogenated alkanes) is 4. The van der Waals surface area contributed by atoms with E-state index in [2.05, 4.69) is 13.2 Å². The van der Waals surface area contributed by atoms with E-state index in [1.807, 2.05) is 0 Å². The molecule has 0 radical (unpaired) electrons. The van der Waals surface area contributed by atoms with Crippen molar-refractivity contribution in [2.24, 2.45) is 0 Å². The standard InChI is InChI=1S/C20H35O8P.Li/c1-5-19(21)27-17(3)13-9-7-11-15-25-29(23,24)26-16-12-8-10-14-18(4)28-20(22)6-2;/h5-6,17-18H,1-2,7-16H2,3-4H3,(H,23,24);/q;+1/p-1. The first-order valence-corrected chi connectivity index (χ1v) is 11.4.